The minimum Gasteiger partial charge on any atom is -0.396 e. The third-order valence-corrected chi connectivity index (χ3v) is 2.60. The van der Waals surface area contributed by atoms with Gasteiger partial charge in [0.1, 0.15) is 0 Å². The molecule has 2 atom stereocenters. The van der Waals surface area contributed by atoms with Crippen molar-refractivity contribution in [2.24, 2.45) is 10.5 Å². The van der Waals surface area contributed by atoms with Crippen molar-refractivity contribution < 1.29 is 15.3 Å². The summed E-state index contributed by atoms with van der Waals surface area (Å²) >= 11 is 0. The van der Waals surface area contributed by atoms with Gasteiger partial charge in [-0.2, -0.15) is 0 Å². The second-order valence-corrected chi connectivity index (χ2v) is 3.56. The average Bonchev–Trinajstić information content (AvgIpc) is 2.45. The molecule has 3 N–H and O–H groups in total. The Bertz CT molecular complexity index is 223. The Balaban J connectivity index is 2.72. The van der Waals surface area contributed by atoms with Crippen molar-refractivity contribution in [3.63, 3.8) is 0 Å². The van der Waals surface area contributed by atoms with Gasteiger partial charge in [0, 0.05) is 10.3 Å². The van der Waals surface area contributed by atoms with Crippen molar-refractivity contribution >= 4 is 0 Å². The van der Waals surface area contributed by atoms with Crippen molar-refractivity contribution in [3.05, 3.63) is 10.4 Å². The normalized spacial score (nSPS) is 31.3. The second kappa shape index (κ2) is 3.93. The highest BCUT2D eigenvalue weighted by atomic mass is 16.3. The van der Waals surface area contributed by atoms with E-state index in [0.717, 1.165) is 0 Å². The van der Waals surface area contributed by atoms with E-state index in [9.17, 15) is 5.11 Å². The molecule has 0 saturated heterocycles. The SMILES string of the molecule is [N-]=[N+]=N[C@@H]1CC(CO)(CO)C[C@@H]1O. The zero-order chi connectivity index (χ0) is 9.90. The molecule has 0 aromatic rings. The molecule has 0 unspecified atom stereocenters. The van der Waals surface area contributed by atoms with Crippen molar-refractivity contribution in [2.45, 2.75) is 25.0 Å². The first kappa shape index (κ1) is 10.3. The molecule has 0 radical (unpaired) electrons. The van der Waals surface area contributed by atoms with Crippen LogP contribution in [0.1, 0.15) is 12.8 Å². The summed E-state index contributed by atoms with van der Waals surface area (Å²) in [6.07, 6.45) is -0.134. The van der Waals surface area contributed by atoms with E-state index < -0.39 is 17.6 Å². The molecule has 0 spiro atoms. The van der Waals surface area contributed by atoms with Gasteiger partial charge in [0.2, 0.25) is 0 Å². The van der Waals surface area contributed by atoms with Gasteiger partial charge in [0.25, 0.3) is 0 Å². The Morgan fingerprint density at radius 2 is 2.00 bits per heavy atom. The van der Waals surface area contributed by atoms with Gasteiger partial charge in [-0.25, -0.2) is 0 Å². The molecule has 0 aromatic heterocycles. The fraction of sp³-hybridized carbons (Fsp3) is 1.00. The Labute approximate surface area is 75.4 Å². The fourth-order valence-corrected chi connectivity index (χ4v) is 1.74. The average molecular weight is 187 g/mol. The molecule has 6 nitrogen and oxygen atoms in total. The van der Waals surface area contributed by atoms with Crippen LogP contribution in [-0.2, 0) is 0 Å². The van der Waals surface area contributed by atoms with Crippen LogP contribution in [0.4, 0.5) is 0 Å². The van der Waals surface area contributed by atoms with Crippen LogP contribution in [0.15, 0.2) is 5.11 Å². The first-order valence-electron chi connectivity index (χ1n) is 4.11. The quantitative estimate of drug-likeness (QED) is 0.323. The fourth-order valence-electron chi connectivity index (χ4n) is 1.74. The van der Waals surface area contributed by atoms with E-state index in [4.69, 9.17) is 15.7 Å². The lowest BCUT2D eigenvalue weighted by molar-refractivity contribution is 0.0466. The third kappa shape index (κ3) is 1.92. The minimum absolute atomic E-state index is 0.196. The van der Waals surface area contributed by atoms with E-state index in [-0.39, 0.29) is 19.6 Å². The lowest BCUT2D eigenvalue weighted by Crippen LogP contribution is -2.27. The summed E-state index contributed by atoms with van der Waals surface area (Å²) in [5.74, 6) is 0. The van der Waals surface area contributed by atoms with E-state index in [1.807, 2.05) is 0 Å². The molecule has 0 amide bonds. The topological polar surface area (TPSA) is 109 Å². The number of hydrogen-bond donors (Lipinski definition) is 3. The number of aliphatic hydroxyl groups excluding tert-OH is 3. The number of hydrogen-bond acceptors (Lipinski definition) is 4. The van der Waals surface area contributed by atoms with Gasteiger partial charge in [-0.05, 0) is 18.4 Å². The molecule has 1 rings (SSSR count). The Kier molecular flexibility index (Phi) is 3.11. The molecular formula is C7H13N3O3. The minimum atomic E-state index is -0.754. The maximum absolute atomic E-state index is 9.43. The summed E-state index contributed by atoms with van der Waals surface area (Å²) in [7, 11) is 0. The van der Waals surface area contributed by atoms with Gasteiger partial charge in [0.15, 0.2) is 0 Å². The highest BCUT2D eigenvalue weighted by Gasteiger charge is 2.43. The third-order valence-electron chi connectivity index (χ3n) is 2.60. The van der Waals surface area contributed by atoms with Crippen molar-refractivity contribution in [3.8, 4) is 0 Å². The second-order valence-electron chi connectivity index (χ2n) is 3.56. The van der Waals surface area contributed by atoms with Crippen LogP contribution in [0.25, 0.3) is 10.4 Å². The number of aliphatic hydroxyl groups is 3. The smallest absolute Gasteiger partial charge is 0.0640 e. The predicted molar refractivity (Wildman–Crippen MR) is 44.8 cm³/mol. The Hall–Kier alpha value is -0.810. The van der Waals surface area contributed by atoms with Crippen molar-refractivity contribution in [2.75, 3.05) is 13.2 Å². The highest BCUT2D eigenvalue weighted by Crippen LogP contribution is 2.39. The zero-order valence-corrected chi connectivity index (χ0v) is 7.17. The molecule has 1 saturated carbocycles. The van der Waals surface area contributed by atoms with E-state index in [0.29, 0.717) is 6.42 Å². The molecule has 13 heavy (non-hydrogen) atoms. The number of rotatable bonds is 3. The summed E-state index contributed by atoms with van der Waals surface area (Å²) in [5.41, 5.74) is 7.50. The van der Waals surface area contributed by atoms with Gasteiger partial charge >= 0.3 is 0 Å². The Morgan fingerprint density at radius 1 is 1.38 bits per heavy atom. The summed E-state index contributed by atoms with van der Waals surface area (Å²) in [5, 5.41) is 30.9. The van der Waals surface area contributed by atoms with Gasteiger partial charge < -0.3 is 15.3 Å². The molecule has 6 heteroatoms. The lowest BCUT2D eigenvalue weighted by atomic mass is 9.88. The van der Waals surface area contributed by atoms with Crippen LogP contribution in [0.2, 0.25) is 0 Å². The first-order valence-corrected chi connectivity index (χ1v) is 4.11. The maximum atomic E-state index is 9.43. The molecule has 0 aliphatic heterocycles. The zero-order valence-electron chi connectivity index (χ0n) is 7.17. The van der Waals surface area contributed by atoms with Crippen LogP contribution < -0.4 is 0 Å². The van der Waals surface area contributed by atoms with E-state index >= 15 is 0 Å². The summed E-state index contributed by atoms with van der Waals surface area (Å²) in [4.78, 5) is 2.60. The van der Waals surface area contributed by atoms with Crippen LogP contribution in [-0.4, -0.2) is 40.7 Å². The molecule has 0 heterocycles. The molecule has 1 aliphatic carbocycles. The summed E-state index contributed by atoms with van der Waals surface area (Å²) in [6.45, 7) is -0.393. The van der Waals surface area contributed by atoms with Gasteiger partial charge in [-0.3, -0.25) is 0 Å². The maximum Gasteiger partial charge on any atom is 0.0640 e. The van der Waals surface area contributed by atoms with Crippen LogP contribution in [0, 0.1) is 5.41 Å². The molecule has 74 valence electrons. The predicted octanol–water partition coefficient (Wildman–Crippen LogP) is -0.209. The van der Waals surface area contributed by atoms with E-state index in [2.05, 4.69) is 10.0 Å². The molecule has 0 bridgehead atoms. The van der Waals surface area contributed by atoms with Gasteiger partial charge in [-0.1, -0.05) is 5.11 Å². The largest absolute Gasteiger partial charge is 0.396 e. The molecular weight excluding hydrogens is 174 g/mol. The highest BCUT2D eigenvalue weighted by molar-refractivity contribution is 4.97. The number of azide groups is 1. The van der Waals surface area contributed by atoms with Gasteiger partial charge in [0.05, 0.1) is 25.4 Å². The first-order chi connectivity index (χ1) is 6.17. The molecule has 1 aliphatic rings. The van der Waals surface area contributed by atoms with Crippen LogP contribution in [0.5, 0.6) is 0 Å². The lowest BCUT2D eigenvalue weighted by Gasteiger charge is -2.22. The number of nitrogens with zero attached hydrogens (tertiary/aromatic N) is 3. The van der Waals surface area contributed by atoms with E-state index in [1.54, 1.807) is 0 Å². The van der Waals surface area contributed by atoms with Crippen molar-refractivity contribution in [1.82, 2.24) is 0 Å². The monoisotopic (exact) mass is 187 g/mol. The summed E-state index contributed by atoms with van der Waals surface area (Å²) < 4.78 is 0. The molecule has 0 aromatic carbocycles. The standard InChI is InChI=1S/C7H13N3O3/c8-10-9-5-1-7(3-11,4-12)2-6(5)13/h5-6,11-13H,1-4H2/t5-,6+/m1/s1. The Morgan fingerprint density at radius 3 is 2.38 bits per heavy atom. The van der Waals surface area contributed by atoms with Crippen LogP contribution in [0.3, 0.4) is 0 Å². The van der Waals surface area contributed by atoms with Crippen LogP contribution >= 0.6 is 0 Å². The van der Waals surface area contributed by atoms with Gasteiger partial charge in [-0.15, -0.1) is 0 Å². The van der Waals surface area contributed by atoms with E-state index in [1.165, 1.54) is 0 Å². The van der Waals surface area contributed by atoms with Crippen molar-refractivity contribution in [1.29, 1.82) is 0 Å². The molecule has 1 fully saturated rings. The summed E-state index contributed by atoms with van der Waals surface area (Å²) in [6, 6.07) is -0.524.